The Kier molecular flexibility index (Phi) is 5.26. The first-order chi connectivity index (χ1) is 8.88. The van der Waals surface area contributed by atoms with Crippen LogP contribution in [0.5, 0.6) is 11.5 Å². The van der Waals surface area contributed by atoms with Crippen LogP contribution in [-0.4, -0.2) is 40.5 Å². The second-order valence-electron chi connectivity index (χ2n) is 4.06. The Morgan fingerprint density at radius 3 is 2.17 bits per heavy atom. The summed E-state index contributed by atoms with van der Waals surface area (Å²) in [5, 5.41) is 0. The second kappa shape index (κ2) is 7.20. The molecule has 0 saturated carbocycles. The van der Waals surface area contributed by atoms with E-state index in [2.05, 4.69) is 0 Å². The van der Waals surface area contributed by atoms with Gasteiger partial charge in [-0.15, -0.1) is 0 Å². The number of benzene rings is 1. The summed E-state index contributed by atoms with van der Waals surface area (Å²) in [6.45, 7) is 2.79. The minimum absolute atomic E-state index is 0.243. The van der Waals surface area contributed by atoms with Gasteiger partial charge in [-0.25, -0.2) is 0 Å². The van der Waals surface area contributed by atoms with Gasteiger partial charge in [0.1, 0.15) is 11.5 Å². The third-order valence-electron chi connectivity index (χ3n) is 2.54. The van der Waals surface area contributed by atoms with Gasteiger partial charge >= 0.3 is 0 Å². The summed E-state index contributed by atoms with van der Waals surface area (Å²) in [6.07, 6.45) is 0. The smallest absolute Gasteiger partial charge is 0.189 e. The largest absolute Gasteiger partial charge is 0.468 e. The lowest BCUT2D eigenvalue weighted by atomic mass is 10.1. The molecule has 1 aromatic rings. The van der Waals surface area contributed by atoms with E-state index in [0.29, 0.717) is 12.5 Å². The maximum Gasteiger partial charge on any atom is 0.189 e. The van der Waals surface area contributed by atoms with Gasteiger partial charge in [-0.3, -0.25) is 0 Å². The van der Waals surface area contributed by atoms with Crippen molar-refractivity contribution in [1.29, 1.82) is 0 Å². The van der Waals surface area contributed by atoms with Gasteiger partial charge in [-0.05, 0) is 24.3 Å². The molecule has 2 rings (SSSR count). The van der Waals surface area contributed by atoms with Crippen molar-refractivity contribution in [1.82, 2.24) is 0 Å². The van der Waals surface area contributed by atoms with Crippen molar-refractivity contribution in [3.63, 3.8) is 0 Å². The van der Waals surface area contributed by atoms with Gasteiger partial charge in [-0.1, -0.05) is 0 Å². The van der Waals surface area contributed by atoms with Crippen molar-refractivity contribution in [3.05, 3.63) is 24.3 Å². The van der Waals surface area contributed by atoms with Crippen molar-refractivity contribution < 1.29 is 23.7 Å². The lowest BCUT2D eigenvalue weighted by Crippen LogP contribution is -2.32. The van der Waals surface area contributed by atoms with E-state index in [4.69, 9.17) is 23.7 Å². The molecule has 0 atom stereocenters. The minimum Gasteiger partial charge on any atom is -0.468 e. The first-order valence-corrected chi connectivity index (χ1v) is 5.88. The van der Waals surface area contributed by atoms with E-state index in [1.807, 2.05) is 24.3 Å². The molecule has 1 aliphatic rings. The molecule has 1 heterocycles. The average Bonchev–Trinajstić information content (AvgIpc) is 2.35. The fourth-order valence-corrected chi connectivity index (χ4v) is 1.46. The Morgan fingerprint density at radius 2 is 1.67 bits per heavy atom. The zero-order valence-corrected chi connectivity index (χ0v) is 10.5. The van der Waals surface area contributed by atoms with Crippen LogP contribution >= 0.6 is 0 Å². The maximum absolute atomic E-state index is 5.43. The van der Waals surface area contributed by atoms with Crippen LogP contribution < -0.4 is 9.47 Å². The second-order valence-corrected chi connectivity index (χ2v) is 4.06. The lowest BCUT2D eigenvalue weighted by molar-refractivity contribution is -0.0925. The van der Waals surface area contributed by atoms with Gasteiger partial charge in [0.15, 0.2) is 13.6 Å². The molecule has 5 nitrogen and oxygen atoms in total. The van der Waals surface area contributed by atoms with Crippen molar-refractivity contribution in [2.45, 2.75) is 0 Å². The predicted molar refractivity (Wildman–Crippen MR) is 64.7 cm³/mol. The zero-order valence-electron chi connectivity index (χ0n) is 10.5. The van der Waals surface area contributed by atoms with E-state index in [1.54, 1.807) is 7.11 Å². The molecule has 0 unspecified atom stereocenters. The maximum atomic E-state index is 5.43. The summed E-state index contributed by atoms with van der Waals surface area (Å²) in [4.78, 5) is 0. The molecule has 5 heteroatoms. The van der Waals surface area contributed by atoms with Crippen LogP contribution in [0.3, 0.4) is 0 Å². The van der Waals surface area contributed by atoms with Gasteiger partial charge in [0.05, 0.1) is 19.8 Å². The van der Waals surface area contributed by atoms with E-state index in [9.17, 15) is 0 Å². The highest BCUT2D eigenvalue weighted by Crippen LogP contribution is 2.17. The molecule has 1 aromatic carbocycles. The van der Waals surface area contributed by atoms with Gasteiger partial charge in [0.2, 0.25) is 0 Å². The van der Waals surface area contributed by atoms with Crippen molar-refractivity contribution in [2.24, 2.45) is 5.92 Å². The van der Waals surface area contributed by atoms with Crippen molar-refractivity contribution in [2.75, 3.05) is 40.5 Å². The van der Waals surface area contributed by atoms with Crippen LogP contribution in [0.4, 0.5) is 0 Å². The summed E-state index contributed by atoms with van der Waals surface area (Å²) in [5.74, 6) is 2.03. The Morgan fingerprint density at radius 1 is 1.06 bits per heavy atom. The molecule has 0 bridgehead atoms. The van der Waals surface area contributed by atoms with E-state index >= 15 is 0 Å². The lowest BCUT2D eigenvalue weighted by Gasteiger charge is -2.25. The highest BCUT2D eigenvalue weighted by molar-refractivity contribution is 5.31. The van der Waals surface area contributed by atoms with Gasteiger partial charge < -0.3 is 23.7 Å². The van der Waals surface area contributed by atoms with Crippen LogP contribution in [0.1, 0.15) is 0 Å². The summed E-state index contributed by atoms with van der Waals surface area (Å²) in [6, 6.07) is 7.32. The number of hydrogen-bond donors (Lipinski definition) is 0. The minimum atomic E-state index is 0.243. The molecule has 0 aliphatic carbocycles. The van der Waals surface area contributed by atoms with Crippen LogP contribution in [0.25, 0.3) is 0 Å². The van der Waals surface area contributed by atoms with E-state index in [-0.39, 0.29) is 13.6 Å². The molecular formula is C13H18O5. The fourth-order valence-electron chi connectivity index (χ4n) is 1.46. The first-order valence-electron chi connectivity index (χ1n) is 5.88. The molecule has 0 N–H and O–H groups in total. The number of methoxy groups -OCH3 is 1. The third kappa shape index (κ3) is 4.18. The standard InChI is InChI=1S/C13H18O5/c1-14-9-17-12-2-4-13(5-3-12)18-10-16-8-11-6-15-7-11/h2-5,11H,6-10H2,1H3. The van der Waals surface area contributed by atoms with E-state index in [1.165, 1.54) is 0 Å². The molecule has 100 valence electrons. The van der Waals surface area contributed by atoms with Crippen LogP contribution in [0.15, 0.2) is 24.3 Å². The molecule has 0 aromatic heterocycles. The quantitative estimate of drug-likeness (QED) is 0.521. The molecule has 0 radical (unpaired) electrons. The normalized spacial score (nSPS) is 15.2. The van der Waals surface area contributed by atoms with Crippen molar-refractivity contribution >= 4 is 0 Å². The topological polar surface area (TPSA) is 46.2 Å². The molecule has 1 saturated heterocycles. The summed E-state index contributed by atoms with van der Waals surface area (Å²) in [5.41, 5.74) is 0. The summed E-state index contributed by atoms with van der Waals surface area (Å²) in [7, 11) is 1.59. The molecule has 1 fully saturated rings. The Balaban J connectivity index is 1.62. The predicted octanol–water partition coefficient (Wildman–Crippen LogP) is 1.67. The Hall–Kier alpha value is -1.30. The molecule has 0 spiro atoms. The number of hydrogen-bond acceptors (Lipinski definition) is 5. The Labute approximate surface area is 107 Å². The molecular weight excluding hydrogens is 236 g/mol. The summed E-state index contributed by atoms with van der Waals surface area (Å²) >= 11 is 0. The Bertz CT molecular complexity index is 334. The highest BCUT2D eigenvalue weighted by Gasteiger charge is 2.17. The third-order valence-corrected chi connectivity index (χ3v) is 2.54. The first kappa shape index (κ1) is 13.1. The zero-order chi connectivity index (χ0) is 12.6. The van der Waals surface area contributed by atoms with Crippen molar-refractivity contribution in [3.8, 4) is 11.5 Å². The van der Waals surface area contributed by atoms with Gasteiger partial charge in [0.25, 0.3) is 0 Å². The average molecular weight is 254 g/mol. The fraction of sp³-hybridized carbons (Fsp3) is 0.538. The highest BCUT2D eigenvalue weighted by atomic mass is 16.7. The number of ether oxygens (including phenoxy) is 5. The van der Waals surface area contributed by atoms with Crippen LogP contribution in [0.2, 0.25) is 0 Å². The van der Waals surface area contributed by atoms with Crippen LogP contribution in [-0.2, 0) is 14.2 Å². The molecule has 1 aliphatic heterocycles. The molecule has 18 heavy (non-hydrogen) atoms. The van der Waals surface area contributed by atoms with Crippen LogP contribution in [0, 0.1) is 5.92 Å². The van der Waals surface area contributed by atoms with E-state index in [0.717, 1.165) is 24.7 Å². The van der Waals surface area contributed by atoms with Gasteiger partial charge in [-0.2, -0.15) is 0 Å². The monoisotopic (exact) mass is 254 g/mol. The van der Waals surface area contributed by atoms with E-state index < -0.39 is 0 Å². The molecule has 0 amide bonds. The number of rotatable bonds is 8. The van der Waals surface area contributed by atoms with Gasteiger partial charge in [0, 0.05) is 13.0 Å². The SMILES string of the molecule is COCOc1ccc(OCOCC2COC2)cc1. The summed E-state index contributed by atoms with van der Waals surface area (Å²) < 4.78 is 25.9.